The van der Waals surface area contributed by atoms with Crippen LogP contribution in [0.1, 0.15) is 19.0 Å². The maximum atomic E-state index is 5.73. The van der Waals surface area contributed by atoms with Crippen molar-refractivity contribution in [1.82, 2.24) is 9.97 Å². The van der Waals surface area contributed by atoms with Gasteiger partial charge < -0.3 is 15.2 Å². The highest BCUT2D eigenvalue weighted by Gasteiger charge is 2.12. The lowest BCUT2D eigenvalue weighted by Crippen LogP contribution is -2.13. The predicted octanol–water partition coefficient (Wildman–Crippen LogP) is 2.69. The molecule has 0 spiro atoms. The van der Waals surface area contributed by atoms with Crippen LogP contribution in [0.15, 0.2) is 36.7 Å². The van der Waals surface area contributed by atoms with E-state index in [9.17, 15) is 0 Å². The van der Waals surface area contributed by atoms with Crippen LogP contribution in [-0.2, 0) is 0 Å². The molecule has 104 valence electrons. The molecule has 0 bridgehead atoms. The molecule has 2 rings (SSSR count). The van der Waals surface area contributed by atoms with E-state index in [2.05, 4.69) is 9.97 Å². The van der Waals surface area contributed by atoms with E-state index in [-0.39, 0.29) is 10.9 Å². The van der Waals surface area contributed by atoms with Crippen molar-refractivity contribution in [2.45, 2.75) is 13.3 Å². The molecular formula is C14H15N3O2S. The minimum absolute atomic E-state index is 0.139. The van der Waals surface area contributed by atoms with Gasteiger partial charge in [-0.15, -0.1) is 0 Å². The SMILES string of the molecule is CCCOc1ccccc1Oc1nccnc1C(N)=S. The first kappa shape index (κ1) is 14.2. The molecule has 0 aliphatic carbocycles. The van der Waals surface area contributed by atoms with Gasteiger partial charge in [0, 0.05) is 12.4 Å². The van der Waals surface area contributed by atoms with E-state index in [1.165, 1.54) is 12.4 Å². The number of rotatable bonds is 6. The molecule has 0 aliphatic heterocycles. The fraction of sp³-hybridized carbons (Fsp3) is 0.214. The Morgan fingerprint density at radius 1 is 1.20 bits per heavy atom. The van der Waals surface area contributed by atoms with Crippen LogP contribution in [0.3, 0.4) is 0 Å². The summed E-state index contributed by atoms with van der Waals surface area (Å²) >= 11 is 4.93. The smallest absolute Gasteiger partial charge is 0.248 e. The van der Waals surface area contributed by atoms with Gasteiger partial charge in [0.25, 0.3) is 0 Å². The third kappa shape index (κ3) is 3.42. The van der Waals surface area contributed by atoms with Crippen LogP contribution in [0.25, 0.3) is 0 Å². The monoisotopic (exact) mass is 289 g/mol. The summed E-state index contributed by atoms with van der Waals surface area (Å²) in [5, 5.41) is 0. The van der Waals surface area contributed by atoms with Crippen molar-refractivity contribution >= 4 is 17.2 Å². The Kier molecular flexibility index (Phi) is 4.84. The van der Waals surface area contributed by atoms with Crippen molar-refractivity contribution in [2.24, 2.45) is 5.73 Å². The van der Waals surface area contributed by atoms with Crippen molar-refractivity contribution in [1.29, 1.82) is 0 Å². The van der Waals surface area contributed by atoms with Gasteiger partial charge in [0.1, 0.15) is 4.99 Å². The summed E-state index contributed by atoms with van der Waals surface area (Å²) in [6.45, 7) is 2.65. The number of thiocarbonyl (C=S) groups is 1. The van der Waals surface area contributed by atoms with Crippen molar-refractivity contribution in [2.75, 3.05) is 6.61 Å². The average molecular weight is 289 g/mol. The molecule has 20 heavy (non-hydrogen) atoms. The van der Waals surface area contributed by atoms with Gasteiger partial charge in [-0.25, -0.2) is 9.97 Å². The molecule has 2 N–H and O–H groups in total. The van der Waals surface area contributed by atoms with Crippen LogP contribution in [0, 0.1) is 0 Å². The lowest BCUT2D eigenvalue weighted by molar-refractivity contribution is 0.300. The first-order chi connectivity index (χ1) is 9.72. The molecule has 0 aliphatic rings. The van der Waals surface area contributed by atoms with Crippen LogP contribution in [-0.4, -0.2) is 21.6 Å². The summed E-state index contributed by atoms with van der Waals surface area (Å²) in [5.41, 5.74) is 5.96. The van der Waals surface area contributed by atoms with Crippen LogP contribution in [0.5, 0.6) is 17.4 Å². The summed E-state index contributed by atoms with van der Waals surface area (Å²) in [7, 11) is 0. The van der Waals surface area contributed by atoms with E-state index >= 15 is 0 Å². The Bertz CT molecular complexity index is 604. The van der Waals surface area contributed by atoms with Crippen LogP contribution < -0.4 is 15.2 Å². The van der Waals surface area contributed by atoms with Crippen LogP contribution >= 0.6 is 12.2 Å². The minimum Gasteiger partial charge on any atom is -0.490 e. The zero-order chi connectivity index (χ0) is 14.4. The third-order valence-corrected chi connectivity index (χ3v) is 2.61. The fourth-order valence-electron chi connectivity index (χ4n) is 1.54. The highest BCUT2D eigenvalue weighted by molar-refractivity contribution is 7.80. The van der Waals surface area contributed by atoms with E-state index in [4.69, 9.17) is 27.4 Å². The van der Waals surface area contributed by atoms with Crippen LogP contribution in [0.2, 0.25) is 0 Å². The van der Waals surface area contributed by atoms with Crippen molar-refractivity contribution < 1.29 is 9.47 Å². The molecule has 2 aromatic rings. The lowest BCUT2D eigenvalue weighted by atomic mass is 10.3. The Morgan fingerprint density at radius 3 is 2.60 bits per heavy atom. The number of para-hydroxylation sites is 2. The van der Waals surface area contributed by atoms with Crippen LogP contribution in [0.4, 0.5) is 0 Å². The second-order valence-electron chi connectivity index (χ2n) is 3.97. The van der Waals surface area contributed by atoms with Gasteiger partial charge >= 0.3 is 0 Å². The quantitative estimate of drug-likeness (QED) is 0.824. The Hall–Kier alpha value is -2.21. The maximum absolute atomic E-state index is 5.73. The molecule has 0 saturated carbocycles. The molecule has 0 unspecified atom stereocenters. The standard InChI is InChI=1S/C14H15N3O2S/c1-2-9-18-10-5-3-4-6-11(10)19-14-12(13(15)20)16-7-8-17-14/h3-8H,2,9H2,1H3,(H2,15,20). The highest BCUT2D eigenvalue weighted by atomic mass is 32.1. The number of benzene rings is 1. The van der Waals surface area contributed by atoms with Gasteiger partial charge in [-0.3, -0.25) is 0 Å². The fourth-order valence-corrected chi connectivity index (χ4v) is 1.68. The molecule has 1 heterocycles. The van der Waals surface area contributed by atoms with E-state index in [0.29, 0.717) is 23.8 Å². The second-order valence-corrected chi connectivity index (χ2v) is 4.41. The molecule has 0 saturated heterocycles. The van der Waals surface area contributed by atoms with Gasteiger partial charge in [0.15, 0.2) is 17.2 Å². The number of hydrogen-bond acceptors (Lipinski definition) is 5. The van der Waals surface area contributed by atoms with Crippen molar-refractivity contribution in [3.8, 4) is 17.4 Å². The second kappa shape index (κ2) is 6.81. The summed E-state index contributed by atoms with van der Waals surface area (Å²) in [6.07, 6.45) is 3.95. The predicted molar refractivity (Wildman–Crippen MR) is 80.2 cm³/mol. The van der Waals surface area contributed by atoms with E-state index in [1.54, 1.807) is 6.07 Å². The number of hydrogen-bond donors (Lipinski definition) is 1. The maximum Gasteiger partial charge on any atom is 0.248 e. The third-order valence-electron chi connectivity index (χ3n) is 2.42. The molecule has 0 radical (unpaired) electrons. The first-order valence-electron chi connectivity index (χ1n) is 6.23. The van der Waals surface area contributed by atoms with Crippen molar-refractivity contribution in [3.05, 3.63) is 42.4 Å². The molecule has 0 amide bonds. The number of nitrogens with zero attached hydrogens (tertiary/aromatic N) is 2. The van der Waals surface area contributed by atoms with Gasteiger partial charge in [-0.05, 0) is 18.6 Å². The Labute approximate surface area is 122 Å². The number of ether oxygens (including phenoxy) is 2. The number of nitrogens with two attached hydrogens (primary N) is 1. The Balaban J connectivity index is 2.28. The zero-order valence-corrected chi connectivity index (χ0v) is 11.9. The molecule has 1 aromatic heterocycles. The molecule has 0 atom stereocenters. The topological polar surface area (TPSA) is 70.3 Å². The number of aromatic nitrogens is 2. The molecule has 5 nitrogen and oxygen atoms in total. The Morgan fingerprint density at radius 2 is 1.90 bits per heavy atom. The van der Waals surface area contributed by atoms with E-state index < -0.39 is 0 Å². The summed E-state index contributed by atoms with van der Waals surface area (Å²) < 4.78 is 11.4. The normalized spacial score (nSPS) is 10.1. The average Bonchev–Trinajstić information content (AvgIpc) is 2.47. The summed E-state index contributed by atoms with van der Waals surface area (Å²) in [4.78, 5) is 8.32. The molecular weight excluding hydrogens is 274 g/mol. The molecule has 6 heteroatoms. The van der Waals surface area contributed by atoms with Gasteiger partial charge in [0.2, 0.25) is 5.88 Å². The van der Waals surface area contributed by atoms with E-state index in [1.807, 2.05) is 25.1 Å². The van der Waals surface area contributed by atoms with Gasteiger partial charge in [0.05, 0.1) is 6.61 Å². The van der Waals surface area contributed by atoms with E-state index in [0.717, 1.165) is 6.42 Å². The van der Waals surface area contributed by atoms with Gasteiger partial charge in [-0.2, -0.15) is 0 Å². The molecule has 1 aromatic carbocycles. The highest BCUT2D eigenvalue weighted by Crippen LogP contribution is 2.31. The summed E-state index contributed by atoms with van der Waals surface area (Å²) in [5.74, 6) is 1.47. The molecule has 0 fully saturated rings. The zero-order valence-electron chi connectivity index (χ0n) is 11.1. The lowest BCUT2D eigenvalue weighted by Gasteiger charge is -2.12. The first-order valence-corrected chi connectivity index (χ1v) is 6.63. The van der Waals surface area contributed by atoms with Crippen molar-refractivity contribution in [3.63, 3.8) is 0 Å². The summed E-state index contributed by atoms with van der Waals surface area (Å²) in [6, 6.07) is 7.36. The van der Waals surface area contributed by atoms with Gasteiger partial charge in [-0.1, -0.05) is 31.3 Å². The minimum atomic E-state index is 0.139. The largest absolute Gasteiger partial charge is 0.490 e.